The fourth-order valence-corrected chi connectivity index (χ4v) is 4.27. The van der Waals surface area contributed by atoms with Crippen molar-refractivity contribution in [3.8, 4) is 0 Å². The minimum atomic E-state index is -1.62. The maximum Gasteiger partial charge on any atom is 0.191 e. The Morgan fingerprint density at radius 3 is 2.39 bits per heavy atom. The number of benzene rings is 1. The molecule has 1 aliphatic heterocycles. The molecule has 1 heterocycles. The fourth-order valence-electron chi connectivity index (χ4n) is 3.19. The smallest absolute Gasteiger partial charge is 0.191 e. The van der Waals surface area contributed by atoms with Gasteiger partial charge in [-0.15, -0.1) is 0 Å². The largest absolute Gasteiger partial charge is 0.416 e. The van der Waals surface area contributed by atoms with E-state index in [9.17, 15) is 0 Å². The minimum absolute atomic E-state index is 0.305. The lowest BCUT2D eigenvalue weighted by molar-refractivity contribution is 0.212. The second kappa shape index (κ2) is 7.50. The summed E-state index contributed by atoms with van der Waals surface area (Å²) in [6.07, 6.45) is 2.53. The molecule has 0 aromatic heterocycles. The van der Waals surface area contributed by atoms with Gasteiger partial charge in [-0.1, -0.05) is 58.0 Å². The third kappa shape index (κ3) is 4.91. The number of nitrogens with zero attached hydrogens (tertiary/aromatic N) is 1. The molecule has 0 aliphatic carbocycles. The summed E-state index contributed by atoms with van der Waals surface area (Å²) in [5, 5.41) is 0.305. The molecule has 0 saturated carbocycles. The molecular weight excluding hydrogens is 298 g/mol. The predicted octanol–water partition coefficient (Wildman–Crippen LogP) is 5.31. The van der Waals surface area contributed by atoms with Crippen LogP contribution in [0.2, 0.25) is 18.1 Å². The molecule has 0 bridgehead atoms. The van der Waals surface area contributed by atoms with E-state index in [1.165, 1.54) is 24.9 Å². The van der Waals surface area contributed by atoms with Crippen LogP contribution in [0.25, 0.3) is 0 Å². The summed E-state index contributed by atoms with van der Waals surface area (Å²) in [4.78, 5) is 2.66. The summed E-state index contributed by atoms with van der Waals surface area (Å²) in [5.74, 6) is 0.692. The van der Waals surface area contributed by atoms with Crippen molar-refractivity contribution in [3.05, 3.63) is 35.9 Å². The zero-order chi connectivity index (χ0) is 17.1. The molecule has 1 aliphatic rings. The van der Waals surface area contributed by atoms with E-state index < -0.39 is 8.32 Å². The van der Waals surface area contributed by atoms with E-state index in [1.807, 2.05) is 0 Å². The van der Waals surface area contributed by atoms with Crippen molar-refractivity contribution in [1.82, 2.24) is 4.90 Å². The quantitative estimate of drug-likeness (QED) is 0.654. The van der Waals surface area contributed by atoms with Crippen LogP contribution in [-0.4, -0.2) is 32.4 Å². The molecule has 1 aromatic carbocycles. The number of likely N-dealkylation sites (tertiary alicyclic amines) is 1. The molecule has 2 rings (SSSR count). The monoisotopic (exact) mass is 333 g/mol. The van der Waals surface area contributed by atoms with Crippen molar-refractivity contribution < 1.29 is 4.43 Å². The Balaban J connectivity index is 1.91. The van der Waals surface area contributed by atoms with E-state index >= 15 is 0 Å². The maximum absolute atomic E-state index is 6.48. The van der Waals surface area contributed by atoms with Gasteiger partial charge >= 0.3 is 0 Å². The average Bonchev–Trinajstić information content (AvgIpc) is 2.87. The highest BCUT2D eigenvalue weighted by atomic mass is 28.4. The summed E-state index contributed by atoms with van der Waals surface area (Å²) in [7, 11) is -1.62. The van der Waals surface area contributed by atoms with Gasteiger partial charge in [0, 0.05) is 25.7 Å². The summed E-state index contributed by atoms with van der Waals surface area (Å²) in [5.41, 5.74) is 1.43. The van der Waals surface area contributed by atoms with Gasteiger partial charge in [0.15, 0.2) is 8.32 Å². The number of hydrogen-bond donors (Lipinski definition) is 0. The molecule has 0 spiro atoms. The van der Waals surface area contributed by atoms with Gasteiger partial charge in [-0.05, 0) is 42.5 Å². The third-order valence-electron chi connectivity index (χ3n) is 5.80. The van der Waals surface area contributed by atoms with Crippen LogP contribution < -0.4 is 0 Å². The Labute approximate surface area is 144 Å². The molecule has 23 heavy (non-hydrogen) atoms. The normalized spacial score (nSPS) is 23.4. The first-order valence-corrected chi connectivity index (χ1v) is 12.1. The van der Waals surface area contributed by atoms with Crippen LogP contribution in [0.15, 0.2) is 30.3 Å². The van der Waals surface area contributed by atoms with Crippen molar-refractivity contribution in [2.75, 3.05) is 13.2 Å². The van der Waals surface area contributed by atoms with Gasteiger partial charge in [-0.2, -0.15) is 0 Å². The molecule has 0 N–H and O–H groups in total. The zero-order valence-corrected chi connectivity index (χ0v) is 16.9. The Bertz CT molecular complexity index is 480. The highest BCUT2D eigenvalue weighted by molar-refractivity contribution is 6.74. The average molecular weight is 334 g/mol. The lowest BCUT2D eigenvalue weighted by Crippen LogP contribution is -2.42. The van der Waals surface area contributed by atoms with Crippen molar-refractivity contribution in [2.24, 2.45) is 5.92 Å². The van der Waals surface area contributed by atoms with Gasteiger partial charge in [-0.3, -0.25) is 4.90 Å². The van der Waals surface area contributed by atoms with E-state index in [0.29, 0.717) is 17.0 Å². The van der Waals surface area contributed by atoms with E-state index in [4.69, 9.17) is 4.43 Å². The van der Waals surface area contributed by atoms with Gasteiger partial charge in [0.2, 0.25) is 0 Å². The summed E-state index contributed by atoms with van der Waals surface area (Å²) in [6.45, 7) is 17.2. The molecule has 130 valence electrons. The van der Waals surface area contributed by atoms with Gasteiger partial charge in [0.25, 0.3) is 0 Å². The molecule has 1 fully saturated rings. The fraction of sp³-hybridized carbons (Fsp3) is 0.700. The van der Waals surface area contributed by atoms with Crippen LogP contribution in [-0.2, 0) is 11.0 Å². The second-order valence-corrected chi connectivity index (χ2v) is 13.5. The third-order valence-corrected chi connectivity index (χ3v) is 10.3. The first kappa shape index (κ1) is 18.7. The van der Waals surface area contributed by atoms with Crippen LogP contribution in [0.1, 0.15) is 46.1 Å². The SMILES string of the molecule is CC[C@H]1C[C@H](CO[Si](C)(C)C(C)(C)C)CN1Cc1ccccc1. The number of rotatable bonds is 6. The Morgan fingerprint density at radius 1 is 1.17 bits per heavy atom. The zero-order valence-electron chi connectivity index (χ0n) is 15.9. The molecule has 2 nitrogen and oxygen atoms in total. The maximum atomic E-state index is 6.48. The Kier molecular flexibility index (Phi) is 6.09. The molecule has 0 amide bonds. The molecule has 2 atom stereocenters. The Hall–Kier alpha value is -0.643. The van der Waals surface area contributed by atoms with Gasteiger partial charge in [-0.25, -0.2) is 0 Å². The molecule has 1 saturated heterocycles. The summed E-state index contributed by atoms with van der Waals surface area (Å²) >= 11 is 0. The van der Waals surface area contributed by atoms with Gasteiger partial charge < -0.3 is 4.43 Å². The molecular formula is C20H35NOSi. The molecule has 3 heteroatoms. The first-order chi connectivity index (χ1) is 10.7. The lowest BCUT2D eigenvalue weighted by Gasteiger charge is -2.37. The molecule has 1 aromatic rings. The van der Waals surface area contributed by atoms with Crippen molar-refractivity contribution >= 4 is 8.32 Å². The van der Waals surface area contributed by atoms with Gasteiger partial charge in [0.1, 0.15) is 0 Å². The highest BCUT2D eigenvalue weighted by Gasteiger charge is 2.39. The Morgan fingerprint density at radius 2 is 1.83 bits per heavy atom. The lowest BCUT2D eigenvalue weighted by atomic mass is 10.1. The molecule has 0 unspecified atom stereocenters. The van der Waals surface area contributed by atoms with Crippen molar-refractivity contribution in [2.45, 2.75) is 71.3 Å². The van der Waals surface area contributed by atoms with Crippen LogP contribution in [0.5, 0.6) is 0 Å². The second-order valence-electron chi connectivity index (χ2n) is 8.65. The highest BCUT2D eigenvalue weighted by Crippen LogP contribution is 2.37. The van der Waals surface area contributed by atoms with Crippen LogP contribution in [0.3, 0.4) is 0 Å². The molecule has 0 radical (unpaired) electrons. The predicted molar refractivity (Wildman–Crippen MR) is 102 cm³/mol. The summed E-state index contributed by atoms with van der Waals surface area (Å²) < 4.78 is 6.48. The van der Waals surface area contributed by atoms with E-state index in [2.05, 4.69) is 76.0 Å². The van der Waals surface area contributed by atoms with Crippen molar-refractivity contribution in [1.29, 1.82) is 0 Å². The van der Waals surface area contributed by atoms with E-state index in [0.717, 1.165) is 13.2 Å². The summed E-state index contributed by atoms with van der Waals surface area (Å²) in [6, 6.07) is 11.6. The van der Waals surface area contributed by atoms with E-state index in [1.54, 1.807) is 0 Å². The number of hydrogen-bond acceptors (Lipinski definition) is 2. The van der Waals surface area contributed by atoms with Crippen LogP contribution in [0.4, 0.5) is 0 Å². The minimum Gasteiger partial charge on any atom is -0.416 e. The standard InChI is InChI=1S/C20H35NOSi/c1-7-19-13-18(16-22-23(5,6)20(2,3)4)15-21(19)14-17-11-9-8-10-12-17/h8-12,18-19H,7,13-16H2,1-6H3/t18-,19-/m0/s1. The first-order valence-electron chi connectivity index (χ1n) is 9.15. The van der Waals surface area contributed by atoms with Crippen LogP contribution >= 0.6 is 0 Å². The topological polar surface area (TPSA) is 12.5 Å². The van der Waals surface area contributed by atoms with Crippen molar-refractivity contribution in [3.63, 3.8) is 0 Å². The van der Waals surface area contributed by atoms with Crippen LogP contribution in [0, 0.1) is 5.92 Å². The van der Waals surface area contributed by atoms with E-state index in [-0.39, 0.29) is 0 Å². The van der Waals surface area contributed by atoms with Gasteiger partial charge in [0.05, 0.1) is 0 Å².